The van der Waals surface area contributed by atoms with E-state index in [9.17, 15) is 28.9 Å². The Bertz CT molecular complexity index is 1550. The highest BCUT2D eigenvalue weighted by molar-refractivity contribution is 7.47. The summed E-state index contributed by atoms with van der Waals surface area (Å²) in [6, 6.07) is 0. The number of aliphatic hydroxyl groups is 1. The second-order valence-corrected chi connectivity index (χ2v) is 22.0. The van der Waals surface area contributed by atoms with Crippen LogP contribution in [0.1, 0.15) is 278 Å². The fourth-order valence-corrected chi connectivity index (χ4v) is 9.11. The van der Waals surface area contributed by atoms with Crippen molar-refractivity contribution in [2.45, 2.75) is 290 Å². The van der Waals surface area contributed by atoms with E-state index in [0.717, 1.165) is 122 Å². The normalized spacial score (nSPS) is 13.8. The van der Waals surface area contributed by atoms with Crippen LogP contribution in [-0.4, -0.2) is 66.5 Å². The Morgan fingerprint density at radius 2 is 0.645 bits per heavy atom. The molecule has 0 spiro atoms. The number of carbonyl (C=O) groups is 3. The maximum absolute atomic E-state index is 12.9. The lowest BCUT2D eigenvalue weighted by molar-refractivity contribution is -0.161. The van der Waals surface area contributed by atoms with Crippen molar-refractivity contribution >= 4 is 25.7 Å². The zero-order chi connectivity index (χ0) is 55.5. The minimum absolute atomic E-state index is 0.154. The minimum atomic E-state index is -4.76. The monoisotopic (exact) mass is 1090 g/mol. The molecule has 0 rings (SSSR count). The Kier molecular flexibility index (Phi) is 55.7. The van der Waals surface area contributed by atoms with Crippen LogP contribution in [0.4, 0.5) is 0 Å². The fraction of sp³-hybridized carbons (Fsp3) is 0.766. The number of allylic oxidation sites excluding steroid dienone is 12. The first kappa shape index (κ1) is 72.9. The number of phosphoric acid groups is 1. The lowest BCUT2D eigenvalue weighted by atomic mass is 10.1. The van der Waals surface area contributed by atoms with Crippen molar-refractivity contribution in [3.8, 4) is 0 Å². The largest absolute Gasteiger partial charge is 0.472 e. The molecule has 0 aliphatic rings. The summed E-state index contributed by atoms with van der Waals surface area (Å²) in [6.45, 7) is 4.56. The van der Waals surface area contributed by atoms with Gasteiger partial charge in [0.1, 0.15) is 12.7 Å². The zero-order valence-electron chi connectivity index (χ0n) is 48.7. The summed E-state index contributed by atoms with van der Waals surface area (Å²) in [6.07, 6.45) is 65.6. The number of ether oxygens (including phenoxy) is 3. The smallest absolute Gasteiger partial charge is 0.462 e. The molecule has 0 aromatic heterocycles. The Hall–Kier alpha value is -3.08. The zero-order valence-corrected chi connectivity index (χ0v) is 49.6. The highest BCUT2D eigenvalue weighted by Crippen LogP contribution is 2.43. The molecule has 0 heterocycles. The molecule has 440 valence electrons. The third-order valence-electron chi connectivity index (χ3n) is 13.1. The van der Waals surface area contributed by atoms with E-state index in [0.29, 0.717) is 19.3 Å². The van der Waals surface area contributed by atoms with Crippen LogP contribution in [-0.2, 0) is 42.2 Å². The number of hydrogen-bond donors (Lipinski definition) is 2. The Morgan fingerprint density at radius 1 is 0.368 bits per heavy atom. The summed E-state index contributed by atoms with van der Waals surface area (Å²) in [7, 11) is -4.76. The third-order valence-corrected chi connectivity index (χ3v) is 14.0. The van der Waals surface area contributed by atoms with E-state index in [2.05, 4.69) is 93.7 Å². The van der Waals surface area contributed by atoms with Crippen LogP contribution in [0.2, 0.25) is 0 Å². The lowest BCUT2D eigenvalue weighted by Crippen LogP contribution is -2.30. The number of rotatable bonds is 57. The number of esters is 3. The number of carbonyl (C=O) groups excluding carboxylic acids is 3. The van der Waals surface area contributed by atoms with Crippen LogP contribution in [0.15, 0.2) is 72.9 Å². The standard InChI is InChI=1S/C64H113O11P/c1-4-7-10-13-16-19-22-25-28-30-33-36-39-42-45-48-51-54-63(67)74-60(56-65)58-72-76(69,70)73-59-61(57-71-62(66)53-50-47-44-41-38-35-32-27-24-21-18-15-12-9-6-3)75-64(68)55-52-49-46-43-40-37-34-31-29-26-23-20-17-14-11-8-5-2/h16-21,25-29,32,60-61,65H,4-15,22-24,30-31,33-59H2,1-3H3,(H,69,70)/b19-16-,20-17-,21-18-,28-25-,29-26-,32-27-. The van der Waals surface area contributed by atoms with Crippen molar-refractivity contribution < 1.29 is 52.2 Å². The molecule has 0 aromatic carbocycles. The van der Waals surface area contributed by atoms with Crippen molar-refractivity contribution in [3.05, 3.63) is 72.9 Å². The molecule has 0 saturated heterocycles. The van der Waals surface area contributed by atoms with Gasteiger partial charge in [-0.1, -0.05) is 216 Å². The summed E-state index contributed by atoms with van der Waals surface area (Å²) >= 11 is 0. The van der Waals surface area contributed by atoms with Gasteiger partial charge in [-0.3, -0.25) is 23.4 Å². The van der Waals surface area contributed by atoms with E-state index >= 15 is 0 Å². The summed E-state index contributed by atoms with van der Waals surface area (Å²) < 4.78 is 39.6. The van der Waals surface area contributed by atoms with Crippen LogP contribution < -0.4 is 0 Å². The highest BCUT2D eigenvalue weighted by atomic mass is 31.2. The van der Waals surface area contributed by atoms with E-state index in [1.54, 1.807) is 0 Å². The van der Waals surface area contributed by atoms with Crippen LogP contribution in [0.25, 0.3) is 0 Å². The van der Waals surface area contributed by atoms with Crippen LogP contribution in [0.5, 0.6) is 0 Å². The first-order chi connectivity index (χ1) is 37.2. The first-order valence-corrected chi connectivity index (χ1v) is 32.3. The maximum atomic E-state index is 12.9. The van der Waals surface area contributed by atoms with Crippen molar-refractivity contribution in [1.82, 2.24) is 0 Å². The topological polar surface area (TPSA) is 155 Å². The molecule has 0 bridgehead atoms. The van der Waals surface area contributed by atoms with Gasteiger partial charge in [0, 0.05) is 19.3 Å². The molecule has 0 aliphatic carbocycles. The molecule has 0 aromatic rings. The molecule has 3 atom stereocenters. The second kappa shape index (κ2) is 58.1. The van der Waals surface area contributed by atoms with E-state index in [4.69, 9.17) is 23.3 Å². The molecular formula is C64H113O11P. The second-order valence-electron chi connectivity index (χ2n) is 20.5. The first-order valence-electron chi connectivity index (χ1n) is 30.8. The van der Waals surface area contributed by atoms with Crippen molar-refractivity contribution in [2.24, 2.45) is 0 Å². The predicted octanol–water partition coefficient (Wildman–Crippen LogP) is 18.5. The fourth-order valence-electron chi connectivity index (χ4n) is 8.33. The van der Waals surface area contributed by atoms with Crippen molar-refractivity contribution in [3.63, 3.8) is 0 Å². The van der Waals surface area contributed by atoms with Crippen LogP contribution in [0, 0.1) is 0 Å². The number of aliphatic hydroxyl groups excluding tert-OH is 1. The molecule has 76 heavy (non-hydrogen) atoms. The Balaban J connectivity index is 4.73. The van der Waals surface area contributed by atoms with Crippen LogP contribution in [0.3, 0.4) is 0 Å². The quantitative estimate of drug-likeness (QED) is 0.0197. The Labute approximate surface area is 465 Å². The molecule has 3 unspecified atom stereocenters. The molecule has 0 aliphatic heterocycles. The minimum Gasteiger partial charge on any atom is -0.462 e. The third kappa shape index (κ3) is 55.7. The number of unbranched alkanes of at least 4 members (excludes halogenated alkanes) is 28. The van der Waals surface area contributed by atoms with Gasteiger partial charge in [-0.05, 0) is 116 Å². The van der Waals surface area contributed by atoms with E-state index < -0.39 is 57.8 Å². The van der Waals surface area contributed by atoms with Crippen molar-refractivity contribution in [1.29, 1.82) is 0 Å². The maximum Gasteiger partial charge on any atom is 0.472 e. The van der Waals surface area contributed by atoms with Gasteiger partial charge in [0.2, 0.25) is 0 Å². The SMILES string of the molecule is CCCCC/C=C\C/C=C\CCCCCCCCCC(=O)OC(CO)COP(=O)(O)OCC(COC(=O)CCCCCCC/C=C\C/C=C\CCCCC)OC(=O)CCCCCCCCC/C=C\C/C=C\CCCCC. The molecule has 11 nitrogen and oxygen atoms in total. The summed E-state index contributed by atoms with van der Waals surface area (Å²) in [5, 5.41) is 9.84. The van der Waals surface area contributed by atoms with Crippen molar-refractivity contribution in [2.75, 3.05) is 26.4 Å². The summed E-state index contributed by atoms with van der Waals surface area (Å²) in [5.41, 5.74) is 0. The molecule has 0 fully saturated rings. The van der Waals surface area contributed by atoms with Gasteiger partial charge in [0.15, 0.2) is 6.10 Å². The van der Waals surface area contributed by atoms with Gasteiger partial charge in [0.25, 0.3) is 0 Å². The summed E-state index contributed by atoms with van der Waals surface area (Å²) in [5.74, 6) is -1.49. The summed E-state index contributed by atoms with van der Waals surface area (Å²) in [4.78, 5) is 48.7. The van der Waals surface area contributed by atoms with Gasteiger partial charge in [-0.2, -0.15) is 0 Å². The molecule has 0 radical (unpaired) electrons. The Morgan fingerprint density at radius 3 is 0.974 bits per heavy atom. The van der Waals surface area contributed by atoms with E-state index in [1.807, 2.05) is 0 Å². The van der Waals surface area contributed by atoms with Gasteiger partial charge in [-0.25, -0.2) is 4.57 Å². The predicted molar refractivity (Wildman–Crippen MR) is 316 cm³/mol. The average molecular weight is 1090 g/mol. The highest BCUT2D eigenvalue weighted by Gasteiger charge is 2.28. The van der Waals surface area contributed by atoms with Gasteiger partial charge < -0.3 is 24.2 Å². The molecule has 0 saturated carbocycles. The van der Waals surface area contributed by atoms with Crippen LogP contribution >= 0.6 is 7.82 Å². The van der Waals surface area contributed by atoms with E-state index in [1.165, 1.54) is 96.3 Å². The van der Waals surface area contributed by atoms with Gasteiger partial charge in [-0.15, -0.1) is 0 Å². The van der Waals surface area contributed by atoms with Gasteiger partial charge >= 0.3 is 25.7 Å². The van der Waals surface area contributed by atoms with E-state index in [-0.39, 0.29) is 25.9 Å². The molecule has 2 N–H and O–H groups in total. The van der Waals surface area contributed by atoms with Gasteiger partial charge in [0.05, 0.1) is 19.8 Å². The number of phosphoric ester groups is 1. The molecule has 12 heteroatoms. The average Bonchev–Trinajstić information content (AvgIpc) is 3.41. The lowest BCUT2D eigenvalue weighted by Gasteiger charge is -2.21. The molecule has 0 amide bonds. The molecular weight excluding hydrogens is 976 g/mol. The number of hydrogen-bond acceptors (Lipinski definition) is 10.